The van der Waals surface area contributed by atoms with Crippen molar-refractivity contribution in [2.45, 2.75) is 0 Å². The predicted molar refractivity (Wildman–Crippen MR) is 188 cm³/mol. The van der Waals surface area contributed by atoms with Crippen molar-refractivity contribution >= 4 is 35.6 Å². The SMILES string of the molecule is N#Cc1nccc(-c2ccccc2)c1Cl.[C-]#[N+]c1cc(-c2c(-c3ccccc3)ccnc2C#N)ccc1F.[C-]#[N+]c1cc(B(O)O)ccc1F. The minimum atomic E-state index is -1.66. The standard InChI is InChI=1S/C19H10FN3.C12H7ClN2.C7H5BFNO2/c1-22-17-11-14(7-8-16(17)20)19-15(9-10-23-18(19)12-21)13-5-3-2-4-6-13;13-12-10(6-7-15-11(12)8-14)9-4-2-1-3-5-9;1-10-7-4-5(8(11)12)2-3-6(7)9/h2-11H;1-7H;2-4,11-12H. The van der Waals surface area contributed by atoms with Gasteiger partial charge in [-0.25, -0.2) is 28.4 Å². The van der Waals surface area contributed by atoms with Gasteiger partial charge in [-0.3, -0.25) is 0 Å². The van der Waals surface area contributed by atoms with Crippen LogP contribution in [0.15, 0.2) is 122 Å². The molecule has 0 fully saturated rings. The summed E-state index contributed by atoms with van der Waals surface area (Å²) in [6.07, 6.45) is 3.16. The number of benzene rings is 4. The molecule has 2 N–H and O–H groups in total. The van der Waals surface area contributed by atoms with Crippen molar-refractivity contribution in [3.8, 4) is 45.5 Å². The van der Waals surface area contributed by atoms with Crippen LogP contribution in [0, 0.1) is 47.4 Å². The topological polar surface area (TPSA) is 123 Å². The van der Waals surface area contributed by atoms with E-state index in [-0.39, 0.29) is 28.2 Å². The first-order valence-electron chi connectivity index (χ1n) is 14.5. The second-order valence-electron chi connectivity index (χ2n) is 10.0. The van der Waals surface area contributed by atoms with Gasteiger partial charge in [0, 0.05) is 23.5 Å². The lowest BCUT2D eigenvalue weighted by molar-refractivity contribution is 0.425. The van der Waals surface area contributed by atoms with Gasteiger partial charge >= 0.3 is 7.12 Å². The van der Waals surface area contributed by atoms with Gasteiger partial charge in [0.2, 0.25) is 11.4 Å². The third kappa shape index (κ3) is 8.79. The highest BCUT2D eigenvalue weighted by Gasteiger charge is 2.16. The smallest absolute Gasteiger partial charge is 0.423 e. The van der Waals surface area contributed by atoms with Crippen LogP contribution in [0.3, 0.4) is 0 Å². The summed E-state index contributed by atoms with van der Waals surface area (Å²) in [6, 6.07) is 34.5. The summed E-state index contributed by atoms with van der Waals surface area (Å²) >= 11 is 6.06. The Labute approximate surface area is 292 Å². The fourth-order valence-corrected chi connectivity index (χ4v) is 4.85. The van der Waals surface area contributed by atoms with Gasteiger partial charge in [-0.2, -0.15) is 10.5 Å². The molecule has 2 heterocycles. The average Bonchev–Trinajstić information content (AvgIpc) is 3.16. The van der Waals surface area contributed by atoms with Crippen molar-refractivity contribution in [1.82, 2.24) is 9.97 Å². The van der Waals surface area contributed by atoms with Crippen LogP contribution in [-0.2, 0) is 0 Å². The van der Waals surface area contributed by atoms with Gasteiger partial charge in [-0.05, 0) is 58.0 Å². The largest absolute Gasteiger partial charge is 0.487 e. The molecule has 0 aliphatic heterocycles. The molecule has 0 aliphatic rings. The van der Waals surface area contributed by atoms with Gasteiger partial charge in [0.1, 0.15) is 29.5 Å². The van der Waals surface area contributed by atoms with Gasteiger partial charge in [-0.1, -0.05) is 90.5 Å². The van der Waals surface area contributed by atoms with E-state index in [4.69, 9.17) is 40.1 Å². The van der Waals surface area contributed by atoms with Gasteiger partial charge in [0.25, 0.3) is 0 Å². The van der Waals surface area contributed by atoms with E-state index in [0.717, 1.165) is 34.4 Å². The summed E-state index contributed by atoms with van der Waals surface area (Å²) in [5.74, 6) is -1.23. The van der Waals surface area contributed by atoms with Crippen LogP contribution in [0.2, 0.25) is 5.02 Å². The van der Waals surface area contributed by atoms with Gasteiger partial charge in [0.15, 0.2) is 5.69 Å². The monoisotopic (exact) mass is 678 g/mol. The number of hydrogen-bond acceptors (Lipinski definition) is 6. The van der Waals surface area contributed by atoms with Crippen LogP contribution in [-0.4, -0.2) is 27.1 Å². The van der Waals surface area contributed by atoms with E-state index < -0.39 is 18.8 Å². The fourth-order valence-electron chi connectivity index (χ4n) is 4.59. The Bertz CT molecular complexity index is 2300. The minimum absolute atomic E-state index is 0.0748. The zero-order chi connectivity index (χ0) is 36.0. The highest BCUT2D eigenvalue weighted by molar-refractivity contribution is 6.58. The van der Waals surface area contributed by atoms with E-state index >= 15 is 0 Å². The lowest BCUT2D eigenvalue weighted by Crippen LogP contribution is -2.29. The second-order valence-corrected chi connectivity index (χ2v) is 10.4. The third-order valence-electron chi connectivity index (χ3n) is 6.97. The van der Waals surface area contributed by atoms with Crippen molar-refractivity contribution in [1.29, 1.82) is 10.5 Å². The molecular weight excluding hydrogens is 657 g/mol. The fraction of sp³-hybridized carbons (Fsp3) is 0. The molecule has 6 aromatic rings. The van der Waals surface area contributed by atoms with Crippen molar-refractivity contribution in [2.24, 2.45) is 0 Å². The summed E-state index contributed by atoms with van der Waals surface area (Å²) in [5, 5.41) is 35.9. The molecule has 0 atom stereocenters. The number of halogens is 3. The zero-order valence-electron chi connectivity index (χ0n) is 25.8. The lowest BCUT2D eigenvalue weighted by Gasteiger charge is -2.12. The van der Waals surface area contributed by atoms with Crippen LogP contribution < -0.4 is 5.46 Å². The summed E-state index contributed by atoms with van der Waals surface area (Å²) < 4.78 is 26.3. The maximum absolute atomic E-state index is 13.6. The van der Waals surface area contributed by atoms with E-state index in [1.807, 2.05) is 72.8 Å². The number of pyridine rings is 2. The first kappa shape index (κ1) is 36.1. The molecule has 0 bridgehead atoms. The molecular formula is C38H22BClF2N6O2. The third-order valence-corrected chi connectivity index (χ3v) is 7.35. The molecule has 0 radical (unpaired) electrons. The zero-order valence-corrected chi connectivity index (χ0v) is 26.6. The summed E-state index contributed by atoms with van der Waals surface area (Å²) in [4.78, 5) is 14.0. The molecule has 8 nitrogen and oxygen atoms in total. The van der Waals surface area contributed by atoms with E-state index in [0.29, 0.717) is 16.1 Å². The number of rotatable bonds is 4. The number of nitriles is 2. The molecule has 50 heavy (non-hydrogen) atoms. The predicted octanol–water partition coefficient (Wildman–Crippen LogP) is 8.31. The lowest BCUT2D eigenvalue weighted by atomic mass is 9.80. The van der Waals surface area contributed by atoms with E-state index in [1.54, 1.807) is 24.5 Å². The number of hydrogen-bond donors (Lipinski definition) is 2. The van der Waals surface area contributed by atoms with Crippen LogP contribution in [0.1, 0.15) is 11.4 Å². The van der Waals surface area contributed by atoms with Gasteiger partial charge in [0.05, 0.1) is 18.2 Å². The van der Waals surface area contributed by atoms with Crippen molar-refractivity contribution in [3.63, 3.8) is 0 Å². The molecule has 0 unspecified atom stereocenters. The van der Waals surface area contributed by atoms with Crippen LogP contribution in [0.25, 0.3) is 43.1 Å². The number of nitrogens with zero attached hydrogens (tertiary/aromatic N) is 6. The molecule has 2 aromatic heterocycles. The second kappa shape index (κ2) is 17.4. The molecule has 0 saturated heterocycles. The van der Waals surface area contributed by atoms with Crippen molar-refractivity contribution < 1.29 is 18.8 Å². The first-order valence-corrected chi connectivity index (χ1v) is 14.8. The molecule has 0 saturated carbocycles. The Balaban J connectivity index is 0.000000180. The molecule has 6 rings (SSSR count). The van der Waals surface area contributed by atoms with E-state index in [2.05, 4.69) is 25.7 Å². The normalized spacial score (nSPS) is 9.62. The van der Waals surface area contributed by atoms with Gasteiger partial charge in [-0.15, -0.1) is 0 Å². The Kier molecular flexibility index (Phi) is 12.6. The number of aromatic nitrogens is 2. The van der Waals surface area contributed by atoms with E-state index in [9.17, 15) is 14.0 Å². The Morgan fingerprint density at radius 2 is 1.14 bits per heavy atom. The van der Waals surface area contributed by atoms with Crippen LogP contribution in [0.4, 0.5) is 20.2 Å². The maximum Gasteiger partial charge on any atom is 0.487 e. The van der Waals surface area contributed by atoms with E-state index in [1.165, 1.54) is 18.2 Å². The summed E-state index contributed by atoms with van der Waals surface area (Å²) in [6.45, 7) is 13.6. The maximum atomic E-state index is 13.6. The van der Waals surface area contributed by atoms with Crippen molar-refractivity contribution in [2.75, 3.05) is 0 Å². The summed E-state index contributed by atoms with van der Waals surface area (Å²) in [5.41, 5.74) is 5.11. The Morgan fingerprint density at radius 1 is 0.640 bits per heavy atom. The molecule has 0 spiro atoms. The van der Waals surface area contributed by atoms with Gasteiger partial charge < -0.3 is 10.0 Å². The quantitative estimate of drug-likeness (QED) is 0.143. The Hall–Kier alpha value is -6.73. The molecule has 0 amide bonds. The molecule has 0 aliphatic carbocycles. The van der Waals surface area contributed by atoms with Crippen LogP contribution >= 0.6 is 11.6 Å². The molecule has 4 aromatic carbocycles. The Morgan fingerprint density at radius 3 is 1.68 bits per heavy atom. The average molecular weight is 679 g/mol. The van der Waals surface area contributed by atoms with Crippen LogP contribution in [0.5, 0.6) is 0 Å². The highest BCUT2D eigenvalue weighted by Crippen LogP contribution is 2.36. The first-order chi connectivity index (χ1) is 24.2. The van der Waals surface area contributed by atoms with Crippen molar-refractivity contribution in [3.05, 3.63) is 172 Å². The highest BCUT2D eigenvalue weighted by atomic mass is 35.5. The molecule has 240 valence electrons. The minimum Gasteiger partial charge on any atom is -0.423 e. The summed E-state index contributed by atoms with van der Waals surface area (Å²) in [7, 11) is -1.66. The molecule has 12 heteroatoms.